The zero-order valence-corrected chi connectivity index (χ0v) is 11.3. The number of hydrogen-bond donors (Lipinski definition) is 2. The first-order valence-corrected chi connectivity index (χ1v) is 6.61. The maximum absolute atomic E-state index is 11.8. The van der Waals surface area contributed by atoms with Gasteiger partial charge in [-0.3, -0.25) is 4.79 Å². The Hall–Kier alpha value is -0.610. The van der Waals surface area contributed by atoms with Crippen molar-refractivity contribution in [2.75, 3.05) is 26.7 Å². The van der Waals surface area contributed by atoms with E-state index in [1.54, 1.807) is 0 Å². The number of rotatable bonds is 5. The van der Waals surface area contributed by atoms with Crippen LogP contribution in [0.4, 0.5) is 0 Å². The van der Waals surface area contributed by atoms with Gasteiger partial charge in [-0.15, -0.1) is 0 Å². The summed E-state index contributed by atoms with van der Waals surface area (Å²) < 4.78 is 0. The van der Waals surface area contributed by atoms with Crippen molar-refractivity contribution in [2.24, 2.45) is 17.1 Å². The second-order valence-corrected chi connectivity index (χ2v) is 6.48. The average Bonchev–Trinajstić information content (AvgIpc) is 3.01. The minimum absolute atomic E-state index is 0.188. The normalized spacial score (nSPS) is 27.9. The van der Waals surface area contributed by atoms with Gasteiger partial charge in [0.25, 0.3) is 0 Å². The van der Waals surface area contributed by atoms with Gasteiger partial charge in [0.2, 0.25) is 5.91 Å². The predicted molar refractivity (Wildman–Crippen MR) is 68.5 cm³/mol. The van der Waals surface area contributed by atoms with Crippen LogP contribution in [-0.4, -0.2) is 43.0 Å². The van der Waals surface area contributed by atoms with Gasteiger partial charge in [0.05, 0.1) is 0 Å². The van der Waals surface area contributed by atoms with Gasteiger partial charge in [-0.25, -0.2) is 0 Å². The fourth-order valence-corrected chi connectivity index (χ4v) is 3.10. The van der Waals surface area contributed by atoms with Gasteiger partial charge in [0.1, 0.15) is 5.54 Å². The minimum atomic E-state index is -0.500. The van der Waals surface area contributed by atoms with E-state index in [0.29, 0.717) is 11.3 Å². The fourth-order valence-electron chi connectivity index (χ4n) is 3.10. The number of nitrogens with one attached hydrogen (secondary N) is 1. The number of carbonyl (C=O) groups excluding carboxylic acids is 1. The minimum Gasteiger partial charge on any atom is -0.368 e. The number of likely N-dealkylation sites (N-methyl/N-ethyl adjacent to an activating group) is 1. The molecule has 1 heterocycles. The SMILES string of the molecule is CNC(CN1CCC(C)(C)C1)(C(N)=O)C1CC1. The van der Waals surface area contributed by atoms with Crippen molar-refractivity contribution >= 4 is 5.91 Å². The maximum atomic E-state index is 11.8. The van der Waals surface area contributed by atoms with E-state index in [4.69, 9.17) is 5.73 Å². The Kier molecular flexibility index (Phi) is 3.21. The van der Waals surface area contributed by atoms with Gasteiger partial charge in [0, 0.05) is 13.1 Å². The first-order valence-electron chi connectivity index (χ1n) is 6.61. The van der Waals surface area contributed by atoms with E-state index < -0.39 is 5.54 Å². The highest BCUT2D eigenvalue weighted by atomic mass is 16.1. The van der Waals surface area contributed by atoms with Gasteiger partial charge in [-0.2, -0.15) is 0 Å². The standard InChI is InChI=1S/C13H25N3O/c1-12(2)6-7-16(8-12)9-13(15-3,11(14)17)10-4-5-10/h10,15H,4-9H2,1-3H3,(H2,14,17). The summed E-state index contributed by atoms with van der Waals surface area (Å²) in [5.41, 5.74) is 5.52. The molecule has 1 aliphatic carbocycles. The van der Waals surface area contributed by atoms with Crippen LogP contribution in [0.5, 0.6) is 0 Å². The van der Waals surface area contributed by atoms with Crippen molar-refractivity contribution in [1.29, 1.82) is 0 Å². The molecule has 2 rings (SSSR count). The van der Waals surface area contributed by atoms with Crippen molar-refractivity contribution in [3.63, 3.8) is 0 Å². The van der Waals surface area contributed by atoms with Gasteiger partial charge in [0.15, 0.2) is 0 Å². The molecular weight excluding hydrogens is 214 g/mol. The van der Waals surface area contributed by atoms with E-state index in [9.17, 15) is 4.79 Å². The van der Waals surface area contributed by atoms with Crippen LogP contribution in [0.3, 0.4) is 0 Å². The van der Waals surface area contributed by atoms with E-state index in [1.807, 2.05) is 7.05 Å². The topological polar surface area (TPSA) is 58.4 Å². The lowest BCUT2D eigenvalue weighted by atomic mass is 9.91. The second kappa shape index (κ2) is 4.25. The molecule has 2 fully saturated rings. The Bertz CT molecular complexity index is 312. The second-order valence-electron chi connectivity index (χ2n) is 6.48. The quantitative estimate of drug-likeness (QED) is 0.737. The van der Waals surface area contributed by atoms with Crippen molar-refractivity contribution in [3.8, 4) is 0 Å². The zero-order valence-electron chi connectivity index (χ0n) is 11.3. The first kappa shape index (κ1) is 12.8. The van der Waals surface area contributed by atoms with Gasteiger partial charge < -0.3 is 16.0 Å². The number of amides is 1. The third-order valence-electron chi connectivity index (χ3n) is 4.39. The Morgan fingerprint density at radius 3 is 2.53 bits per heavy atom. The third-order valence-corrected chi connectivity index (χ3v) is 4.39. The average molecular weight is 239 g/mol. The summed E-state index contributed by atoms with van der Waals surface area (Å²) in [7, 11) is 1.87. The van der Waals surface area contributed by atoms with Crippen molar-refractivity contribution in [1.82, 2.24) is 10.2 Å². The van der Waals surface area contributed by atoms with Crippen molar-refractivity contribution in [2.45, 2.75) is 38.6 Å². The van der Waals surface area contributed by atoms with E-state index in [2.05, 4.69) is 24.1 Å². The van der Waals surface area contributed by atoms with Crippen LogP contribution >= 0.6 is 0 Å². The highest BCUT2D eigenvalue weighted by molar-refractivity contribution is 5.86. The molecule has 4 heteroatoms. The molecule has 0 aromatic rings. The summed E-state index contributed by atoms with van der Waals surface area (Å²) >= 11 is 0. The molecular formula is C13H25N3O. The molecule has 1 aliphatic heterocycles. The molecule has 98 valence electrons. The Morgan fingerprint density at radius 2 is 2.18 bits per heavy atom. The van der Waals surface area contributed by atoms with Crippen LogP contribution in [0, 0.1) is 11.3 Å². The van der Waals surface area contributed by atoms with E-state index in [0.717, 1.165) is 32.5 Å². The molecule has 1 saturated carbocycles. The van der Waals surface area contributed by atoms with Crippen LogP contribution in [0.25, 0.3) is 0 Å². The van der Waals surface area contributed by atoms with Crippen molar-refractivity contribution < 1.29 is 4.79 Å². The summed E-state index contributed by atoms with van der Waals surface area (Å²) in [6.07, 6.45) is 3.46. The number of likely N-dealkylation sites (tertiary alicyclic amines) is 1. The van der Waals surface area contributed by atoms with E-state index in [-0.39, 0.29) is 5.91 Å². The molecule has 2 aliphatic rings. The van der Waals surface area contributed by atoms with Crippen molar-refractivity contribution in [3.05, 3.63) is 0 Å². The molecule has 1 amide bonds. The van der Waals surface area contributed by atoms with Gasteiger partial charge in [-0.1, -0.05) is 13.8 Å². The third kappa shape index (κ3) is 2.47. The summed E-state index contributed by atoms with van der Waals surface area (Å²) in [6, 6.07) is 0. The molecule has 0 aromatic heterocycles. The summed E-state index contributed by atoms with van der Waals surface area (Å²) in [5.74, 6) is 0.251. The molecule has 17 heavy (non-hydrogen) atoms. The van der Waals surface area contributed by atoms with Gasteiger partial charge in [-0.05, 0) is 44.2 Å². The number of hydrogen-bond acceptors (Lipinski definition) is 3. The lowest BCUT2D eigenvalue weighted by Crippen LogP contribution is -2.62. The maximum Gasteiger partial charge on any atom is 0.239 e. The monoisotopic (exact) mass is 239 g/mol. The van der Waals surface area contributed by atoms with Crippen LogP contribution < -0.4 is 11.1 Å². The molecule has 0 spiro atoms. The molecule has 0 bridgehead atoms. The molecule has 0 radical (unpaired) electrons. The largest absolute Gasteiger partial charge is 0.368 e. The van der Waals surface area contributed by atoms with Crippen LogP contribution in [0.1, 0.15) is 33.1 Å². The highest BCUT2D eigenvalue weighted by Gasteiger charge is 2.50. The lowest BCUT2D eigenvalue weighted by Gasteiger charge is -2.35. The molecule has 3 N–H and O–H groups in total. The molecule has 0 aromatic carbocycles. The molecule has 1 unspecified atom stereocenters. The summed E-state index contributed by atoms with van der Waals surface area (Å²) in [4.78, 5) is 14.2. The summed E-state index contributed by atoms with van der Waals surface area (Å²) in [5, 5.41) is 3.21. The zero-order chi connectivity index (χ0) is 12.7. The lowest BCUT2D eigenvalue weighted by molar-refractivity contribution is -0.126. The predicted octanol–water partition coefficient (Wildman–Crippen LogP) is 0.572. The number of primary amides is 1. The molecule has 1 saturated heterocycles. The van der Waals surface area contributed by atoms with Crippen LogP contribution in [0.2, 0.25) is 0 Å². The summed E-state index contributed by atoms with van der Waals surface area (Å²) in [6.45, 7) is 7.49. The van der Waals surface area contributed by atoms with E-state index in [1.165, 1.54) is 6.42 Å². The van der Waals surface area contributed by atoms with E-state index >= 15 is 0 Å². The highest BCUT2D eigenvalue weighted by Crippen LogP contribution is 2.41. The first-order chi connectivity index (χ1) is 7.89. The number of carbonyl (C=O) groups is 1. The molecule has 1 atom stereocenters. The van der Waals surface area contributed by atoms with Crippen LogP contribution in [-0.2, 0) is 4.79 Å². The Morgan fingerprint density at radius 1 is 1.53 bits per heavy atom. The molecule has 4 nitrogen and oxygen atoms in total. The number of nitrogens with two attached hydrogens (primary N) is 1. The van der Waals surface area contributed by atoms with Crippen LogP contribution in [0.15, 0.2) is 0 Å². The Labute approximate surface area is 104 Å². The smallest absolute Gasteiger partial charge is 0.239 e. The Balaban J connectivity index is 2.06. The number of nitrogens with zero attached hydrogens (tertiary/aromatic N) is 1. The fraction of sp³-hybridized carbons (Fsp3) is 0.923. The van der Waals surface area contributed by atoms with Gasteiger partial charge >= 0.3 is 0 Å².